The molecular formula is C20H32N2O3S. The van der Waals surface area contributed by atoms with Gasteiger partial charge in [-0.3, -0.25) is 0 Å². The monoisotopic (exact) mass is 380 g/mol. The average molecular weight is 381 g/mol. The Bertz CT molecular complexity index is 646. The summed E-state index contributed by atoms with van der Waals surface area (Å²) in [5, 5.41) is 3.65. The minimum atomic E-state index is -3.39. The van der Waals surface area contributed by atoms with Crippen molar-refractivity contribution < 1.29 is 13.2 Å². The largest absolute Gasteiger partial charge is 0.379 e. The Morgan fingerprint density at radius 3 is 2.35 bits per heavy atom. The summed E-state index contributed by atoms with van der Waals surface area (Å²) < 4.78 is 32.0. The normalized spacial score (nSPS) is 25.3. The van der Waals surface area contributed by atoms with E-state index in [4.69, 9.17) is 4.74 Å². The molecule has 5 nitrogen and oxygen atoms in total. The zero-order valence-electron chi connectivity index (χ0n) is 15.8. The van der Waals surface area contributed by atoms with Crippen molar-refractivity contribution >= 4 is 10.0 Å². The van der Waals surface area contributed by atoms with Crippen LogP contribution in [0.4, 0.5) is 0 Å². The molecule has 26 heavy (non-hydrogen) atoms. The zero-order valence-corrected chi connectivity index (χ0v) is 16.6. The van der Waals surface area contributed by atoms with E-state index in [-0.39, 0.29) is 0 Å². The van der Waals surface area contributed by atoms with Crippen LogP contribution in [0.3, 0.4) is 0 Å². The fourth-order valence-corrected chi connectivity index (χ4v) is 5.45. The molecule has 6 heteroatoms. The molecular weight excluding hydrogens is 348 g/mol. The fourth-order valence-electron chi connectivity index (χ4n) is 4.04. The highest BCUT2D eigenvalue weighted by molar-refractivity contribution is 7.89. The molecule has 1 aliphatic heterocycles. The predicted molar refractivity (Wildman–Crippen MR) is 104 cm³/mol. The molecule has 1 saturated carbocycles. The third-order valence-electron chi connectivity index (χ3n) is 5.67. The number of sulfonamides is 1. The Morgan fingerprint density at radius 1 is 1.08 bits per heavy atom. The minimum Gasteiger partial charge on any atom is -0.379 e. The first-order chi connectivity index (χ1) is 12.6. The summed E-state index contributed by atoms with van der Waals surface area (Å²) in [6.07, 6.45) is 7.85. The van der Waals surface area contributed by atoms with Crippen LogP contribution in [0.2, 0.25) is 0 Å². The summed E-state index contributed by atoms with van der Waals surface area (Å²) in [6.45, 7) is 4.90. The summed E-state index contributed by atoms with van der Waals surface area (Å²) in [5.74, 6) is 0.919. The molecule has 1 heterocycles. The molecule has 1 aliphatic carbocycles. The second-order valence-corrected chi connectivity index (χ2v) is 9.49. The van der Waals surface area contributed by atoms with E-state index in [1.165, 1.54) is 42.8 Å². The topological polar surface area (TPSA) is 58.6 Å². The lowest BCUT2D eigenvalue weighted by Crippen LogP contribution is -2.40. The van der Waals surface area contributed by atoms with Crippen LogP contribution in [0.5, 0.6) is 0 Å². The van der Waals surface area contributed by atoms with E-state index in [1.54, 1.807) is 12.1 Å². The van der Waals surface area contributed by atoms with E-state index in [1.807, 2.05) is 12.1 Å². The molecule has 1 aromatic carbocycles. The highest BCUT2D eigenvalue weighted by atomic mass is 32.2. The second-order valence-electron chi connectivity index (χ2n) is 7.55. The van der Waals surface area contributed by atoms with Crippen LogP contribution >= 0.6 is 0 Å². The molecule has 0 radical (unpaired) electrons. The van der Waals surface area contributed by atoms with E-state index < -0.39 is 10.0 Å². The summed E-state index contributed by atoms with van der Waals surface area (Å²) >= 11 is 0. The minimum absolute atomic E-state index is 0.378. The molecule has 0 atom stereocenters. The van der Waals surface area contributed by atoms with Crippen LogP contribution < -0.4 is 5.32 Å². The number of benzene rings is 1. The van der Waals surface area contributed by atoms with Crippen LogP contribution in [-0.4, -0.2) is 45.1 Å². The molecule has 0 unspecified atom stereocenters. The third-order valence-corrected chi connectivity index (χ3v) is 7.58. The van der Waals surface area contributed by atoms with Gasteiger partial charge in [-0.1, -0.05) is 31.9 Å². The fraction of sp³-hybridized carbons (Fsp3) is 0.700. The lowest BCUT2D eigenvalue weighted by molar-refractivity contribution is 0.0730. The van der Waals surface area contributed by atoms with Gasteiger partial charge < -0.3 is 10.1 Å². The van der Waals surface area contributed by atoms with Crippen LogP contribution in [-0.2, 0) is 21.3 Å². The van der Waals surface area contributed by atoms with E-state index in [9.17, 15) is 8.42 Å². The smallest absolute Gasteiger partial charge is 0.243 e. The van der Waals surface area contributed by atoms with Crippen molar-refractivity contribution in [3.63, 3.8) is 0 Å². The summed E-state index contributed by atoms with van der Waals surface area (Å²) in [6, 6.07) is 7.94. The molecule has 2 aliphatic rings. The second kappa shape index (κ2) is 9.31. The van der Waals surface area contributed by atoms with Crippen LogP contribution in [0, 0.1) is 5.92 Å². The number of nitrogens with zero attached hydrogens (tertiary/aromatic N) is 1. The summed E-state index contributed by atoms with van der Waals surface area (Å²) in [4.78, 5) is 0.378. The van der Waals surface area contributed by atoms with E-state index in [0.29, 0.717) is 37.2 Å². The van der Waals surface area contributed by atoms with Crippen molar-refractivity contribution in [2.75, 3.05) is 26.3 Å². The molecule has 0 bridgehead atoms. The molecule has 1 aromatic rings. The third kappa shape index (κ3) is 5.06. The van der Waals surface area contributed by atoms with Crippen molar-refractivity contribution in [2.24, 2.45) is 5.92 Å². The summed E-state index contributed by atoms with van der Waals surface area (Å²) in [5.41, 5.74) is 1.14. The van der Waals surface area contributed by atoms with Gasteiger partial charge in [0.25, 0.3) is 0 Å². The number of nitrogens with one attached hydrogen (secondary N) is 1. The molecule has 3 rings (SSSR count). The first-order valence-electron chi connectivity index (χ1n) is 10.00. The van der Waals surface area contributed by atoms with Gasteiger partial charge in [-0.2, -0.15) is 4.31 Å². The first-order valence-corrected chi connectivity index (χ1v) is 11.4. The van der Waals surface area contributed by atoms with Gasteiger partial charge in [-0.15, -0.1) is 0 Å². The lowest BCUT2D eigenvalue weighted by atomic mass is 9.83. The van der Waals surface area contributed by atoms with Crippen LogP contribution in [0.1, 0.15) is 51.0 Å². The van der Waals surface area contributed by atoms with Gasteiger partial charge in [0.1, 0.15) is 0 Å². The van der Waals surface area contributed by atoms with Crippen molar-refractivity contribution in [3.05, 3.63) is 29.8 Å². The van der Waals surface area contributed by atoms with Gasteiger partial charge in [-0.05, 0) is 49.3 Å². The van der Waals surface area contributed by atoms with E-state index in [2.05, 4.69) is 12.2 Å². The molecule has 1 saturated heterocycles. The predicted octanol–water partition coefficient (Wildman–Crippen LogP) is 3.16. The van der Waals surface area contributed by atoms with Gasteiger partial charge in [0.05, 0.1) is 18.1 Å². The zero-order chi connectivity index (χ0) is 18.4. The van der Waals surface area contributed by atoms with Crippen LogP contribution in [0.25, 0.3) is 0 Å². The van der Waals surface area contributed by atoms with Gasteiger partial charge in [-0.25, -0.2) is 8.42 Å². The molecule has 2 fully saturated rings. The van der Waals surface area contributed by atoms with Gasteiger partial charge in [0, 0.05) is 25.7 Å². The Hall–Kier alpha value is -0.950. The molecule has 0 spiro atoms. The Labute approximate surface area is 158 Å². The maximum atomic E-state index is 12.6. The first kappa shape index (κ1) is 19.8. The highest BCUT2D eigenvalue weighted by Gasteiger charge is 2.26. The number of ether oxygens (including phenoxy) is 1. The molecule has 1 N–H and O–H groups in total. The Kier molecular flexibility index (Phi) is 7.09. The van der Waals surface area contributed by atoms with Crippen LogP contribution in [0.15, 0.2) is 29.2 Å². The van der Waals surface area contributed by atoms with Crippen molar-refractivity contribution in [3.8, 4) is 0 Å². The number of hydrogen-bond acceptors (Lipinski definition) is 4. The number of morpholine rings is 1. The lowest BCUT2D eigenvalue weighted by Gasteiger charge is -2.29. The maximum absolute atomic E-state index is 12.6. The molecule has 0 aromatic heterocycles. The number of hydrogen-bond donors (Lipinski definition) is 1. The SMILES string of the molecule is CCCC1CCC(NCc2ccc(S(=O)(=O)N3CCOCC3)cc2)CC1. The van der Waals surface area contributed by atoms with Crippen molar-refractivity contribution in [1.29, 1.82) is 0 Å². The van der Waals surface area contributed by atoms with Crippen molar-refractivity contribution in [2.45, 2.75) is 62.9 Å². The van der Waals surface area contributed by atoms with Gasteiger partial charge in [0.2, 0.25) is 10.0 Å². The Morgan fingerprint density at radius 2 is 1.73 bits per heavy atom. The molecule has 0 amide bonds. The number of rotatable bonds is 7. The molecule has 146 valence electrons. The van der Waals surface area contributed by atoms with Gasteiger partial charge in [0.15, 0.2) is 0 Å². The quantitative estimate of drug-likeness (QED) is 0.789. The standard InChI is InChI=1S/C20H32N2O3S/c1-2-3-17-4-8-19(9-5-17)21-16-18-6-10-20(11-7-18)26(23,24)22-12-14-25-15-13-22/h6-7,10-11,17,19,21H,2-5,8-9,12-16H2,1H3. The van der Waals surface area contributed by atoms with Gasteiger partial charge >= 0.3 is 0 Å². The van der Waals surface area contributed by atoms with E-state index >= 15 is 0 Å². The average Bonchev–Trinajstić information content (AvgIpc) is 2.69. The highest BCUT2D eigenvalue weighted by Crippen LogP contribution is 2.28. The van der Waals surface area contributed by atoms with E-state index in [0.717, 1.165) is 18.0 Å². The Balaban J connectivity index is 1.50. The summed E-state index contributed by atoms with van der Waals surface area (Å²) in [7, 11) is -3.39. The maximum Gasteiger partial charge on any atom is 0.243 e. The van der Waals surface area contributed by atoms with Crippen molar-refractivity contribution in [1.82, 2.24) is 9.62 Å².